The zero-order chi connectivity index (χ0) is 12.9. The Hall–Kier alpha value is -1.39. The number of amides is 1. The molecule has 0 radical (unpaired) electrons. The number of hydrogen-bond donors (Lipinski definition) is 2. The molecule has 1 rings (SSSR count). The van der Waals surface area contributed by atoms with Crippen LogP contribution in [0.5, 0.6) is 0 Å². The summed E-state index contributed by atoms with van der Waals surface area (Å²) in [6, 6.07) is 7.33. The Morgan fingerprint density at radius 1 is 1.47 bits per heavy atom. The highest BCUT2D eigenvalue weighted by molar-refractivity contribution is 5.95. The van der Waals surface area contributed by atoms with Crippen LogP contribution in [0.4, 0.5) is 0 Å². The van der Waals surface area contributed by atoms with Crippen LogP contribution >= 0.6 is 0 Å². The smallest absolute Gasteiger partial charge is 0.251 e. The van der Waals surface area contributed by atoms with E-state index in [1.165, 1.54) is 7.11 Å². The molecule has 0 aromatic heterocycles. The van der Waals surface area contributed by atoms with Crippen molar-refractivity contribution < 1.29 is 14.6 Å². The maximum absolute atomic E-state index is 11.9. The number of carbonyl (C=O) groups is 1. The van der Waals surface area contributed by atoms with Crippen molar-refractivity contribution in [3.05, 3.63) is 35.4 Å². The number of benzene rings is 1. The molecule has 1 aromatic rings. The van der Waals surface area contributed by atoms with Gasteiger partial charge in [-0.25, -0.2) is 0 Å². The maximum Gasteiger partial charge on any atom is 0.251 e. The first-order valence-electron chi connectivity index (χ1n) is 5.51. The Labute approximate surface area is 102 Å². The summed E-state index contributed by atoms with van der Waals surface area (Å²) in [4.78, 5) is 11.9. The summed E-state index contributed by atoms with van der Waals surface area (Å²) in [6.07, 6.45) is 0. The third-order valence-electron chi connectivity index (χ3n) is 2.47. The van der Waals surface area contributed by atoms with Gasteiger partial charge in [0, 0.05) is 19.2 Å². The summed E-state index contributed by atoms with van der Waals surface area (Å²) in [5.41, 5.74) is 0.490. The van der Waals surface area contributed by atoms with Gasteiger partial charge in [-0.3, -0.25) is 4.79 Å². The van der Waals surface area contributed by atoms with Crippen molar-refractivity contribution >= 4 is 5.91 Å². The highest BCUT2D eigenvalue weighted by Crippen LogP contribution is 2.07. The molecule has 4 nitrogen and oxygen atoms in total. The van der Waals surface area contributed by atoms with Crippen molar-refractivity contribution in [1.29, 1.82) is 0 Å². The van der Waals surface area contributed by atoms with E-state index in [-0.39, 0.29) is 19.1 Å². The summed E-state index contributed by atoms with van der Waals surface area (Å²) in [5, 5.41) is 12.5. The number of carbonyl (C=O) groups excluding carboxylic acids is 1. The molecule has 1 aromatic carbocycles. The highest BCUT2D eigenvalue weighted by Gasteiger charge is 2.21. The minimum Gasteiger partial charge on any atom is -0.386 e. The van der Waals surface area contributed by atoms with Crippen LogP contribution in [0.25, 0.3) is 0 Å². The molecule has 0 spiro atoms. The Morgan fingerprint density at radius 3 is 2.71 bits per heavy atom. The summed E-state index contributed by atoms with van der Waals surface area (Å²) in [6.45, 7) is 3.84. The molecule has 0 saturated carbocycles. The molecule has 0 heterocycles. The molecule has 1 amide bonds. The number of rotatable bonds is 5. The summed E-state index contributed by atoms with van der Waals surface area (Å²) in [5.74, 6) is -0.181. The lowest BCUT2D eigenvalue weighted by molar-refractivity contribution is -0.0147. The topological polar surface area (TPSA) is 58.6 Å². The Morgan fingerprint density at radius 2 is 2.12 bits per heavy atom. The van der Waals surface area contributed by atoms with Crippen LogP contribution in [0.3, 0.4) is 0 Å². The third kappa shape index (κ3) is 4.17. The van der Waals surface area contributed by atoms with Gasteiger partial charge in [-0.1, -0.05) is 18.2 Å². The molecule has 2 N–H and O–H groups in total. The maximum atomic E-state index is 11.9. The van der Waals surface area contributed by atoms with Crippen molar-refractivity contribution in [1.82, 2.24) is 5.32 Å². The van der Waals surface area contributed by atoms with Crippen LogP contribution in [-0.4, -0.2) is 36.9 Å². The van der Waals surface area contributed by atoms with Crippen LogP contribution in [0, 0.1) is 6.92 Å². The Balaban J connectivity index is 2.59. The fourth-order valence-corrected chi connectivity index (χ4v) is 1.56. The molecule has 1 unspecified atom stereocenters. The Kier molecular flexibility index (Phi) is 4.66. The van der Waals surface area contributed by atoms with Crippen LogP contribution in [0.1, 0.15) is 22.8 Å². The number of hydrogen-bond acceptors (Lipinski definition) is 3. The molecule has 94 valence electrons. The lowest BCUT2D eigenvalue weighted by Gasteiger charge is -2.22. The number of methoxy groups -OCH3 is 1. The molecular formula is C13H19NO3. The van der Waals surface area contributed by atoms with E-state index in [2.05, 4.69) is 5.32 Å². The molecule has 17 heavy (non-hydrogen) atoms. The van der Waals surface area contributed by atoms with Gasteiger partial charge in [0.05, 0.1) is 6.61 Å². The number of aryl methyl sites for hydroxylation is 1. The molecule has 4 heteroatoms. The lowest BCUT2D eigenvalue weighted by Crippen LogP contribution is -2.43. The van der Waals surface area contributed by atoms with E-state index >= 15 is 0 Å². The van der Waals surface area contributed by atoms with Crippen LogP contribution < -0.4 is 5.32 Å². The predicted molar refractivity (Wildman–Crippen MR) is 66.0 cm³/mol. The second-order valence-electron chi connectivity index (χ2n) is 4.43. The van der Waals surface area contributed by atoms with Crippen LogP contribution in [0.15, 0.2) is 24.3 Å². The van der Waals surface area contributed by atoms with E-state index in [9.17, 15) is 9.90 Å². The fraction of sp³-hybridized carbons (Fsp3) is 0.462. The van der Waals surface area contributed by atoms with Crippen molar-refractivity contribution in [3.63, 3.8) is 0 Å². The van der Waals surface area contributed by atoms with Crippen molar-refractivity contribution in [2.75, 3.05) is 20.3 Å². The quantitative estimate of drug-likeness (QED) is 0.807. The van der Waals surface area contributed by atoms with Gasteiger partial charge in [-0.2, -0.15) is 0 Å². The minimum absolute atomic E-state index is 0.161. The van der Waals surface area contributed by atoms with Crippen molar-refractivity contribution in [2.24, 2.45) is 0 Å². The van der Waals surface area contributed by atoms with Crippen LogP contribution in [0.2, 0.25) is 0 Å². The Bertz CT molecular complexity index is 388. The SMILES string of the molecule is COCC(C)(O)CNC(=O)c1ccccc1C. The normalized spacial score (nSPS) is 14.1. The average Bonchev–Trinajstić information content (AvgIpc) is 2.27. The molecule has 0 saturated heterocycles. The second kappa shape index (κ2) is 5.80. The third-order valence-corrected chi connectivity index (χ3v) is 2.47. The molecule has 1 atom stereocenters. The van der Waals surface area contributed by atoms with Crippen molar-refractivity contribution in [2.45, 2.75) is 19.4 Å². The van der Waals surface area contributed by atoms with Gasteiger partial charge in [0.25, 0.3) is 5.91 Å². The van der Waals surface area contributed by atoms with Gasteiger partial charge in [0.15, 0.2) is 0 Å². The lowest BCUT2D eigenvalue weighted by atomic mass is 10.1. The number of nitrogens with one attached hydrogen (secondary N) is 1. The van der Waals surface area contributed by atoms with Gasteiger partial charge >= 0.3 is 0 Å². The molecule has 0 aliphatic heterocycles. The summed E-state index contributed by atoms with van der Waals surface area (Å²) < 4.78 is 4.87. The molecule has 0 aliphatic rings. The van der Waals surface area contributed by atoms with Crippen LogP contribution in [-0.2, 0) is 4.74 Å². The zero-order valence-electron chi connectivity index (χ0n) is 10.5. The second-order valence-corrected chi connectivity index (χ2v) is 4.43. The molecular weight excluding hydrogens is 218 g/mol. The highest BCUT2D eigenvalue weighted by atomic mass is 16.5. The zero-order valence-corrected chi connectivity index (χ0v) is 10.5. The van der Waals surface area contributed by atoms with Gasteiger partial charge in [-0.15, -0.1) is 0 Å². The first kappa shape index (κ1) is 13.7. The van der Waals surface area contributed by atoms with E-state index in [0.717, 1.165) is 5.56 Å². The molecule has 0 fully saturated rings. The monoisotopic (exact) mass is 237 g/mol. The number of aliphatic hydroxyl groups is 1. The standard InChI is InChI=1S/C13H19NO3/c1-10-6-4-5-7-11(10)12(15)14-8-13(2,16)9-17-3/h4-7,16H,8-9H2,1-3H3,(H,14,15). The van der Waals surface area contributed by atoms with E-state index in [1.807, 2.05) is 25.1 Å². The van der Waals surface area contributed by atoms with Gasteiger partial charge < -0.3 is 15.2 Å². The van der Waals surface area contributed by atoms with Gasteiger partial charge in [0.2, 0.25) is 0 Å². The van der Waals surface area contributed by atoms with Gasteiger partial charge in [0.1, 0.15) is 5.60 Å². The first-order valence-corrected chi connectivity index (χ1v) is 5.51. The summed E-state index contributed by atoms with van der Waals surface area (Å²) in [7, 11) is 1.51. The minimum atomic E-state index is -1.05. The van der Waals surface area contributed by atoms with Gasteiger partial charge in [-0.05, 0) is 25.5 Å². The van der Waals surface area contributed by atoms with E-state index in [4.69, 9.17) is 4.74 Å². The number of ether oxygens (including phenoxy) is 1. The van der Waals surface area contributed by atoms with E-state index < -0.39 is 5.60 Å². The summed E-state index contributed by atoms with van der Waals surface area (Å²) >= 11 is 0. The average molecular weight is 237 g/mol. The van der Waals surface area contributed by atoms with Crippen molar-refractivity contribution in [3.8, 4) is 0 Å². The fourth-order valence-electron chi connectivity index (χ4n) is 1.56. The van der Waals surface area contributed by atoms with E-state index in [0.29, 0.717) is 5.56 Å². The first-order chi connectivity index (χ1) is 7.96. The predicted octanol–water partition coefficient (Wildman–Crippen LogP) is 1.12. The van der Waals surface area contributed by atoms with E-state index in [1.54, 1.807) is 13.0 Å². The molecule has 0 bridgehead atoms. The largest absolute Gasteiger partial charge is 0.386 e. The molecule has 0 aliphatic carbocycles.